The van der Waals surface area contributed by atoms with Gasteiger partial charge in [0.25, 0.3) is 0 Å². The maximum absolute atomic E-state index is 13.3. The van der Waals surface area contributed by atoms with Gasteiger partial charge in [-0.2, -0.15) is 0 Å². The molecule has 2 N–H and O–H groups in total. The molecule has 2 amide bonds. The summed E-state index contributed by atoms with van der Waals surface area (Å²) in [5.41, 5.74) is 0.900. The van der Waals surface area contributed by atoms with Crippen LogP contribution in [0.25, 0.3) is 0 Å². The third kappa shape index (κ3) is 2.61. The van der Waals surface area contributed by atoms with Crippen molar-refractivity contribution in [3.05, 3.63) is 29.6 Å². The van der Waals surface area contributed by atoms with Crippen molar-refractivity contribution in [3.63, 3.8) is 0 Å². The summed E-state index contributed by atoms with van der Waals surface area (Å²) in [6.07, 6.45) is 2.98. The molecule has 1 atom stereocenters. The van der Waals surface area contributed by atoms with E-state index in [4.69, 9.17) is 0 Å². The highest BCUT2D eigenvalue weighted by molar-refractivity contribution is 7.99. The third-order valence-electron chi connectivity index (χ3n) is 3.23. The molecule has 1 aromatic carbocycles. The molecule has 0 bridgehead atoms. The Morgan fingerprint density at radius 1 is 1.28 bits per heavy atom. The van der Waals surface area contributed by atoms with Gasteiger partial charge in [0.15, 0.2) is 0 Å². The summed E-state index contributed by atoms with van der Waals surface area (Å²) in [5.74, 6) is 0.707. The van der Waals surface area contributed by atoms with Gasteiger partial charge >= 0.3 is 6.03 Å². The molecular formula is C13H15FN2OS. The molecule has 1 aliphatic heterocycles. The predicted octanol–water partition coefficient (Wildman–Crippen LogP) is 2.82. The fourth-order valence-corrected chi connectivity index (χ4v) is 3.23. The van der Waals surface area contributed by atoms with Crippen LogP contribution in [-0.4, -0.2) is 17.8 Å². The van der Waals surface area contributed by atoms with Crippen LogP contribution in [0.2, 0.25) is 0 Å². The van der Waals surface area contributed by atoms with Gasteiger partial charge in [-0.1, -0.05) is 0 Å². The Morgan fingerprint density at radius 2 is 2.11 bits per heavy atom. The zero-order valence-corrected chi connectivity index (χ0v) is 10.7. The van der Waals surface area contributed by atoms with Crippen molar-refractivity contribution in [2.75, 3.05) is 5.75 Å². The first kappa shape index (κ1) is 11.8. The van der Waals surface area contributed by atoms with Crippen molar-refractivity contribution in [1.29, 1.82) is 0 Å². The van der Waals surface area contributed by atoms with Gasteiger partial charge < -0.3 is 10.6 Å². The quantitative estimate of drug-likeness (QED) is 0.864. The number of thioether (sulfide) groups is 1. The van der Waals surface area contributed by atoms with Crippen LogP contribution in [0.4, 0.5) is 9.18 Å². The summed E-state index contributed by atoms with van der Waals surface area (Å²) in [6, 6.07) is 4.93. The van der Waals surface area contributed by atoms with Crippen LogP contribution in [0.1, 0.15) is 30.9 Å². The number of fused-ring (bicyclic) bond motifs is 1. The van der Waals surface area contributed by atoms with E-state index in [-0.39, 0.29) is 17.9 Å². The van der Waals surface area contributed by atoms with E-state index in [2.05, 4.69) is 10.6 Å². The SMILES string of the molecule is O=C(NC1CC1)NC1CCSc2ccc(F)cc21. The Bertz CT molecular complexity index is 476. The van der Waals surface area contributed by atoms with Crippen molar-refractivity contribution in [2.24, 2.45) is 0 Å². The van der Waals surface area contributed by atoms with E-state index in [1.807, 2.05) is 0 Å². The van der Waals surface area contributed by atoms with E-state index in [0.29, 0.717) is 6.04 Å². The number of hydrogen-bond acceptors (Lipinski definition) is 2. The van der Waals surface area contributed by atoms with Crippen LogP contribution in [0, 0.1) is 5.82 Å². The second-order valence-corrected chi connectivity index (χ2v) is 5.90. The molecule has 0 spiro atoms. The molecule has 1 fully saturated rings. The number of amides is 2. The molecule has 96 valence electrons. The van der Waals surface area contributed by atoms with Gasteiger partial charge in [-0.25, -0.2) is 9.18 Å². The standard InChI is InChI=1S/C13H15FN2OS/c14-8-1-4-12-10(7-8)11(5-6-18-12)16-13(17)15-9-2-3-9/h1,4,7,9,11H,2-3,5-6H2,(H2,15,16,17). The van der Waals surface area contributed by atoms with Crippen molar-refractivity contribution >= 4 is 17.8 Å². The molecule has 1 aliphatic carbocycles. The van der Waals surface area contributed by atoms with E-state index >= 15 is 0 Å². The topological polar surface area (TPSA) is 41.1 Å². The summed E-state index contributed by atoms with van der Waals surface area (Å²) in [7, 11) is 0. The Labute approximate surface area is 110 Å². The van der Waals surface area contributed by atoms with Gasteiger partial charge in [0, 0.05) is 16.7 Å². The second kappa shape index (κ2) is 4.80. The normalized spacial score (nSPS) is 22.2. The monoisotopic (exact) mass is 266 g/mol. The molecule has 5 heteroatoms. The van der Waals surface area contributed by atoms with Crippen LogP contribution in [0.5, 0.6) is 0 Å². The second-order valence-electron chi connectivity index (χ2n) is 4.76. The van der Waals surface area contributed by atoms with Crippen LogP contribution in [-0.2, 0) is 0 Å². The zero-order valence-electron chi connectivity index (χ0n) is 9.91. The van der Waals surface area contributed by atoms with Gasteiger partial charge in [-0.05, 0) is 43.0 Å². The average Bonchev–Trinajstić information content (AvgIpc) is 3.14. The zero-order chi connectivity index (χ0) is 12.5. The molecule has 1 aromatic rings. The summed E-state index contributed by atoms with van der Waals surface area (Å²) >= 11 is 1.72. The lowest BCUT2D eigenvalue weighted by Crippen LogP contribution is -2.40. The summed E-state index contributed by atoms with van der Waals surface area (Å²) in [6.45, 7) is 0. The van der Waals surface area contributed by atoms with Crippen molar-refractivity contribution in [3.8, 4) is 0 Å². The molecule has 0 aromatic heterocycles. The molecule has 1 unspecified atom stereocenters. The first-order valence-electron chi connectivity index (χ1n) is 6.21. The molecule has 3 nitrogen and oxygen atoms in total. The Morgan fingerprint density at radius 3 is 2.89 bits per heavy atom. The number of rotatable bonds is 2. The van der Waals surface area contributed by atoms with Gasteiger partial charge in [0.1, 0.15) is 5.82 Å². The Hall–Kier alpha value is -1.23. The minimum absolute atomic E-state index is 0.0734. The van der Waals surface area contributed by atoms with Crippen LogP contribution in [0.3, 0.4) is 0 Å². The molecule has 0 radical (unpaired) electrons. The van der Waals surface area contributed by atoms with Crippen LogP contribution >= 0.6 is 11.8 Å². The Balaban J connectivity index is 1.73. The fraction of sp³-hybridized carbons (Fsp3) is 0.462. The van der Waals surface area contributed by atoms with Crippen molar-refractivity contribution < 1.29 is 9.18 Å². The number of nitrogens with one attached hydrogen (secondary N) is 2. The van der Waals surface area contributed by atoms with Crippen molar-refractivity contribution in [1.82, 2.24) is 10.6 Å². The molecule has 0 saturated heterocycles. The third-order valence-corrected chi connectivity index (χ3v) is 4.35. The van der Waals surface area contributed by atoms with Crippen LogP contribution < -0.4 is 10.6 Å². The van der Waals surface area contributed by atoms with E-state index in [1.165, 1.54) is 12.1 Å². The van der Waals surface area contributed by atoms with Crippen LogP contribution in [0.15, 0.2) is 23.1 Å². The minimum Gasteiger partial charge on any atom is -0.335 e. The first-order valence-corrected chi connectivity index (χ1v) is 7.20. The van der Waals surface area contributed by atoms with E-state index in [1.54, 1.807) is 17.8 Å². The smallest absolute Gasteiger partial charge is 0.315 e. The predicted molar refractivity (Wildman–Crippen MR) is 69.2 cm³/mol. The van der Waals surface area contributed by atoms with Gasteiger partial charge in [0.2, 0.25) is 0 Å². The highest BCUT2D eigenvalue weighted by Gasteiger charge is 2.26. The van der Waals surface area contributed by atoms with E-state index < -0.39 is 0 Å². The maximum atomic E-state index is 13.3. The summed E-state index contributed by atoms with van der Waals surface area (Å²) in [5, 5.41) is 5.84. The molecule has 1 heterocycles. The number of benzene rings is 1. The van der Waals surface area contributed by atoms with Gasteiger partial charge in [-0.3, -0.25) is 0 Å². The average molecular weight is 266 g/mol. The van der Waals surface area contributed by atoms with Gasteiger partial charge in [-0.15, -0.1) is 11.8 Å². The Kier molecular flexibility index (Phi) is 3.16. The lowest BCUT2D eigenvalue weighted by molar-refractivity contribution is 0.236. The van der Waals surface area contributed by atoms with E-state index in [9.17, 15) is 9.18 Å². The maximum Gasteiger partial charge on any atom is 0.315 e. The highest BCUT2D eigenvalue weighted by atomic mass is 32.2. The molecule has 3 rings (SSSR count). The number of hydrogen-bond donors (Lipinski definition) is 2. The summed E-state index contributed by atoms with van der Waals surface area (Å²) in [4.78, 5) is 12.8. The summed E-state index contributed by atoms with van der Waals surface area (Å²) < 4.78 is 13.3. The number of carbonyl (C=O) groups excluding carboxylic acids is 1. The lowest BCUT2D eigenvalue weighted by Gasteiger charge is -2.26. The molecular weight excluding hydrogens is 251 g/mol. The largest absolute Gasteiger partial charge is 0.335 e. The molecule has 18 heavy (non-hydrogen) atoms. The van der Waals surface area contributed by atoms with Gasteiger partial charge in [0.05, 0.1) is 6.04 Å². The number of carbonyl (C=O) groups is 1. The minimum atomic E-state index is -0.245. The highest BCUT2D eigenvalue weighted by Crippen LogP contribution is 2.36. The number of halogens is 1. The first-order chi connectivity index (χ1) is 8.72. The fourth-order valence-electron chi connectivity index (χ4n) is 2.13. The lowest BCUT2D eigenvalue weighted by atomic mass is 10.0. The molecule has 2 aliphatic rings. The van der Waals surface area contributed by atoms with E-state index in [0.717, 1.165) is 35.5 Å². The number of urea groups is 1. The molecule has 1 saturated carbocycles. The van der Waals surface area contributed by atoms with Crippen molar-refractivity contribution in [2.45, 2.75) is 36.2 Å².